The van der Waals surface area contributed by atoms with E-state index < -0.39 is 0 Å². The van der Waals surface area contributed by atoms with E-state index in [0.717, 1.165) is 18.0 Å². The van der Waals surface area contributed by atoms with Crippen molar-refractivity contribution in [1.29, 1.82) is 0 Å². The minimum Gasteiger partial charge on any atom is -0.313 e. The van der Waals surface area contributed by atoms with E-state index in [0.29, 0.717) is 5.92 Å². The van der Waals surface area contributed by atoms with Gasteiger partial charge in [-0.25, -0.2) is 0 Å². The lowest BCUT2D eigenvalue weighted by atomic mass is 9.71. The Balaban J connectivity index is 1.44. The SMILES string of the molecule is CC(CNC1CCC2(CCCC2)CC1)c1ccccc1. The van der Waals surface area contributed by atoms with Gasteiger partial charge < -0.3 is 5.32 Å². The van der Waals surface area contributed by atoms with Gasteiger partial charge in [0.05, 0.1) is 0 Å². The van der Waals surface area contributed by atoms with Crippen LogP contribution in [0.3, 0.4) is 0 Å². The van der Waals surface area contributed by atoms with Gasteiger partial charge in [-0.15, -0.1) is 0 Å². The molecule has 1 aromatic carbocycles. The molecule has 2 fully saturated rings. The summed E-state index contributed by atoms with van der Waals surface area (Å²) in [7, 11) is 0. The lowest BCUT2D eigenvalue weighted by Gasteiger charge is -2.38. The molecule has 2 aliphatic rings. The third kappa shape index (κ3) is 3.25. The molecule has 0 radical (unpaired) electrons. The molecule has 110 valence electrons. The van der Waals surface area contributed by atoms with Gasteiger partial charge in [-0.05, 0) is 55.4 Å². The Bertz CT molecular complexity index is 395. The van der Waals surface area contributed by atoms with Gasteiger partial charge in [0.2, 0.25) is 0 Å². The number of hydrogen-bond donors (Lipinski definition) is 1. The van der Waals surface area contributed by atoms with Crippen LogP contribution in [0, 0.1) is 5.41 Å². The van der Waals surface area contributed by atoms with Gasteiger partial charge in [-0.2, -0.15) is 0 Å². The van der Waals surface area contributed by atoms with E-state index in [1.165, 1.54) is 56.9 Å². The van der Waals surface area contributed by atoms with Crippen molar-refractivity contribution in [3.05, 3.63) is 35.9 Å². The fourth-order valence-corrected chi connectivity index (χ4v) is 4.30. The number of nitrogens with one attached hydrogen (secondary N) is 1. The Morgan fingerprint density at radius 2 is 1.70 bits per heavy atom. The van der Waals surface area contributed by atoms with Crippen LogP contribution in [-0.4, -0.2) is 12.6 Å². The molecular formula is C19H29N. The molecule has 0 aromatic heterocycles. The van der Waals surface area contributed by atoms with Crippen molar-refractivity contribution in [2.75, 3.05) is 6.54 Å². The third-order valence-corrected chi connectivity index (χ3v) is 5.79. The molecule has 1 spiro atoms. The van der Waals surface area contributed by atoms with Gasteiger partial charge >= 0.3 is 0 Å². The average molecular weight is 271 g/mol. The lowest BCUT2D eigenvalue weighted by molar-refractivity contribution is 0.168. The van der Waals surface area contributed by atoms with Crippen LogP contribution in [0.15, 0.2) is 30.3 Å². The molecule has 0 aliphatic heterocycles. The minimum atomic E-state index is 0.624. The summed E-state index contributed by atoms with van der Waals surface area (Å²) in [4.78, 5) is 0. The molecule has 2 aliphatic carbocycles. The predicted octanol–water partition coefficient (Wildman–Crippen LogP) is 4.88. The van der Waals surface area contributed by atoms with Crippen molar-refractivity contribution < 1.29 is 0 Å². The second kappa shape index (κ2) is 6.30. The molecule has 1 N–H and O–H groups in total. The molecule has 1 heteroatoms. The van der Waals surface area contributed by atoms with Crippen molar-refractivity contribution in [3.8, 4) is 0 Å². The van der Waals surface area contributed by atoms with E-state index in [2.05, 4.69) is 42.6 Å². The van der Waals surface area contributed by atoms with Gasteiger partial charge in [0.15, 0.2) is 0 Å². The Morgan fingerprint density at radius 3 is 2.35 bits per heavy atom. The molecule has 1 unspecified atom stereocenters. The largest absolute Gasteiger partial charge is 0.313 e. The Kier molecular flexibility index (Phi) is 4.45. The highest BCUT2D eigenvalue weighted by Gasteiger charge is 2.37. The van der Waals surface area contributed by atoms with Gasteiger partial charge in [-0.3, -0.25) is 0 Å². The normalized spacial score (nSPS) is 24.1. The Hall–Kier alpha value is -0.820. The van der Waals surface area contributed by atoms with Crippen molar-refractivity contribution in [2.24, 2.45) is 5.41 Å². The minimum absolute atomic E-state index is 0.624. The first-order valence-electron chi connectivity index (χ1n) is 8.56. The van der Waals surface area contributed by atoms with E-state index >= 15 is 0 Å². The van der Waals surface area contributed by atoms with Crippen LogP contribution in [0.1, 0.15) is 69.8 Å². The Labute approximate surface area is 124 Å². The van der Waals surface area contributed by atoms with Crippen molar-refractivity contribution in [1.82, 2.24) is 5.32 Å². The van der Waals surface area contributed by atoms with Crippen LogP contribution < -0.4 is 5.32 Å². The maximum atomic E-state index is 3.83. The lowest BCUT2D eigenvalue weighted by Crippen LogP contribution is -2.38. The summed E-state index contributed by atoms with van der Waals surface area (Å²) in [6, 6.07) is 11.7. The van der Waals surface area contributed by atoms with Gasteiger partial charge in [0, 0.05) is 12.6 Å². The third-order valence-electron chi connectivity index (χ3n) is 5.79. The first kappa shape index (κ1) is 14.1. The highest BCUT2D eigenvalue weighted by atomic mass is 14.9. The summed E-state index contributed by atoms with van der Waals surface area (Å²) in [5.74, 6) is 0.624. The van der Waals surface area contributed by atoms with Crippen molar-refractivity contribution in [3.63, 3.8) is 0 Å². The number of benzene rings is 1. The van der Waals surface area contributed by atoms with E-state index in [-0.39, 0.29) is 0 Å². The van der Waals surface area contributed by atoms with Crippen LogP contribution in [0.4, 0.5) is 0 Å². The smallest absolute Gasteiger partial charge is 0.00677 e. The highest BCUT2D eigenvalue weighted by Crippen LogP contribution is 2.48. The fourth-order valence-electron chi connectivity index (χ4n) is 4.30. The van der Waals surface area contributed by atoms with Gasteiger partial charge in [-0.1, -0.05) is 50.1 Å². The highest BCUT2D eigenvalue weighted by molar-refractivity contribution is 5.19. The molecule has 2 saturated carbocycles. The summed E-state index contributed by atoms with van der Waals surface area (Å²) in [5, 5.41) is 3.83. The summed E-state index contributed by atoms with van der Waals surface area (Å²) in [6.45, 7) is 3.46. The summed E-state index contributed by atoms with van der Waals surface area (Å²) >= 11 is 0. The van der Waals surface area contributed by atoms with Crippen LogP contribution in [0.2, 0.25) is 0 Å². The molecule has 20 heavy (non-hydrogen) atoms. The first-order chi connectivity index (χ1) is 9.77. The quantitative estimate of drug-likeness (QED) is 0.822. The van der Waals surface area contributed by atoms with Crippen LogP contribution >= 0.6 is 0 Å². The zero-order chi connectivity index (χ0) is 13.8. The predicted molar refractivity (Wildman–Crippen MR) is 86.0 cm³/mol. The van der Waals surface area contributed by atoms with E-state index in [1.54, 1.807) is 0 Å². The van der Waals surface area contributed by atoms with Gasteiger partial charge in [0.25, 0.3) is 0 Å². The fraction of sp³-hybridized carbons (Fsp3) is 0.684. The molecule has 1 aromatic rings. The number of rotatable bonds is 4. The van der Waals surface area contributed by atoms with Crippen molar-refractivity contribution >= 4 is 0 Å². The first-order valence-corrected chi connectivity index (χ1v) is 8.56. The summed E-state index contributed by atoms with van der Waals surface area (Å²) < 4.78 is 0. The maximum Gasteiger partial charge on any atom is 0.00677 e. The maximum absolute atomic E-state index is 3.83. The average Bonchev–Trinajstić information content (AvgIpc) is 2.96. The van der Waals surface area contributed by atoms with E-state index in [9.17, 15) is 0 Å². The molecule has 0 amide bonds. The topological polar surface area (TPSA) is 12.0 Å². The van der Waals surface area contributed by atoms with E-state index in [1.807, 2.05) is 0 Å². The molecule has 0 heterocycles. The zero-order valence-corrected chi connectivity index (χ0v) is 12.9. The van der Waals surface area contributed by atoms with Crippen molar-refractivity contribution in [2.45, 2.75) is 70.3 Å². The molecule has 0 saturated heterocycles. The Morgan fingerprint density at radius 1 is 1.05 bits per heavy atom. The van der Waals surface area contributed by atoms with Crippen LogP contribution in [0.5, 0.6) is 0 Å². The standard InChI is InChI=1S/C19H29N/c1-16(17-7-3-2-4-8-17)15-20-18-9-13-19(14-10-18)11-5-6-12-19/h2-4,7-8,16,18,20H,5-6,9-15H2,1H3. The van der Waals surface area contributed by atoms with Gasteiger partial charge in [0.1, 0.15) is 0 Å². The second-order valence-electron chi connectivity index (χ2n) is 7.20. The van der Waals surface area contributed by atoms with E-state index in [4.69, 9.17) is 0 Å². The molecule has 1 atom stereocenters. The monoisotopic (exact) mass is 271 g/mol. The zero-order valence-electron chi connectivity index (χ0n) is 12.9. The molecule has 0 bridgehead atoms. The number of hydrogen-bond acceptors (Lipinski definition) is 1. The summed E-state index contributed by atoms with van der Waals surface area (Å²) in [6.07, 6.45) is 11.8. The van der Waals surface area contributed by atoms with Crippen LogP contribution in [0.25, 0.3) is 0 Å². The molecular weight excluding hydrogens is 242 g/mol. The second-order valence-corrected chi connectivity index (χ2v) is 7.20. The van der Waals surface area contributed by atoms with Crippen LogP contribution in [-0.2, 0) is 0 Å². The molecule has 1 nitrogen and oxygen atoms in total. The molecule has 3 rings (SSSR count). The summed E-state index contributed by atoms with van der Waals surface area (Å²) in [5.41, 5.74) is 2.23.